The molecular formula is C11H24N2O2S. The lowest BCUT2D eigenvalue weighted by molar-refractivity contribution is 0.261. The second kappa shape index (κ2) is 6.57. The van der Waals surface area contributed by atoms with E-state index in [0.717, 1.165) is 25.9 Å². The molecule has 1 aliphatic heterocycles. The zero-order chi connectivity index (χ0) is 12.0. The molecule has 1 heterocycles. The maximum absolute atomic E-state index is 11.4. The van der Waals surface area contributed by atoms with Crippen molar-refractivity contribution in [2.75, 3.05) is 32.4 Å². The van der Waals surface area contributed by atoms with Gasteiger partial charge in [0.15, 0.2) is 0 Å². The van der Waals surface area contributed by atoms with Crippen LogP contribution in [0.5, 0.6) is 0 Å². The van der Waals surface area contributed by atoms with E-state index in [1.54, 1.807) is 4.31 Å². The number of nitrogens with one attached hydrogen (secondary N) is 1. The molecule has 0 aliphatic carbocycles. The number of nitrogens with zero attached hydrogens (tertiary/aromatic N) is 1. The second-order valence-electron chi connectivity index (χ2n) is 4.69. The molecule has 0 spiro atoms. The van der Waals surface area contributed by atoms with E-state index in [1.165, 1.54) is 19.1 Å². The third kappa shape index (κ3) is 4.80. The van der Waals surface area contributed by atoms with Crippen molar-refractivity contribution in [1.29, 1.82) is 0 Å². The van der Waals surface area contributed by atoms with Gasteiger partial charge < -0.3 is 5.32 Å². The van der Waals surface area contributed by atoms with Crippen LogP contribution in [-0.4, -0.2) is 45.2 Å². The minimum atomic E-state index is -2.99. The Morgan fingerprint density at radius 3 is 2.81 bits per heavy atom. The molecule has 0 radical (unpaired) electrons. The summed E-state index contributed by atoms with van der Waals surface area (Å²) in [6.07, 6.45) is 5.84. The van der Waals surface area contributed by atoms with Crippen LogP contribution in [0.1, 0.15) is 32.6 Å². The number of unbranched alkanes of at least 4 members (excludes halogenated alkanes) is 1. The average molecular weight is 248 g/mol. The molecule has 1 N–H and O–H groups in total. The van der Waals surface area contributed by atoms with Gasteiger partial charge >= 0.3 is 0 Å². The molecule has 96 valence electrons. The molecule has 1 rings (SSSR count). The summed E-state index contributed by atoms with van der Waals surface area (Å²) >= 11 is 0. The average Bonchev–Trinajstić information content (AvgIpc) is 2.24. The van der Waals surface area contributed by atoms with E-state index in [2.05, 4.69) is 12.2 Å². The van der Waals surface area contributed by atoms with Crippen LogP contribution in [0.2, 0.25) is 0 Å². The van der Waals surface area contributed by atoms with Crippen molar-refractivity contribution < 1.29 is 8.42 Å². The Balaban J connectivity index is 2.28. The van der Waals surface area contributed by atoms with Crippen LogP contribution >= 0.6 is 0 Å². The normalized spacial score (nSPS) is 23.5. The van der Waals surface area contributed by atoms with Crippen molar-refractivity contribution in [1.82, 2.24) is 9.62 Å². The van der Waals surface area contributed by atoms with Gasteiger partial charge in [-0.3, -0.25) is 0 Å². The summed E-state index contributed by atoms with van der Waals surface area (Å²) in [5.41, 5.74) is 0. The molecule has 1 fully saturated rings. The molecule has 16 heavy (non-hydrogen) atoms. The van der Waals surface area contributed by atoms with Gasteiger partial charge in [-0.2, -0.15) is 0 Å². The molecular weight excluding hydrogens is 224 g/mol. The van der Waals surface area contributed by atoms with E-state index in [1.807, 2.05) is 0 Å². The van der Waals surface area contributed by atoms with E-state index < -0.39 is 10.0 Å². The first-order valence-corrected chi connectivity index (χ1v) is 8.04. The molecule has 1 aliphatic rings. The third-order valence-corrected chi connectivity index (χ3v) is 4.36. The highest BCUT2D eigenvalue weighted by Gasteiger charge is 2.25. The van der Waals surface area contributed by atoms with Gasteiger partial charge in [-0.1, -0.05) is 13.3 Å². The fourth-order valence-corrected chi connectivity index (χ4v) is 3.05. The molecule has 0 amide bonds. The van der Waals surface area contributed by atoms with Crippen LogP contribution in [0, 0.1) is 5.92 Å². The summed E-state index contributed by atoms with van der Waals surface area (Å²) in [5.74, 6) is 0.486. The van der Waals surface area contributed by atoms with Crippen molar-refractivity contribution >= 4 is 10.0 Å². The summed E-state index contributed by atoms with van der Waals surface area (Å²) in [6.45, 7) is 5.56. The predicted molar refractivity (Wildman–Crippen MR) is 66.9 cm³/mol. The lowest BCUT2D eigenvalue weighted by Crippen LogP contribution is -2.42. The first-order chi connectivity index (χ1) is 7.54. The molecule has 1 saturated heterocycles. The van der Waals surface area contributed by atoms with Gasteiger partial charge in [0.05, 0.1) is 6.26 Å². The number of hydrogen-bond donors (Lipinski definition) is 1. The highest BCUT2D eigenvalue weighted by molar-refractivity contribution is 7.88. The van der Waals surface area contributed by atoms with E-state index in [0.29, 0.717) is 19.0 Å². The molecule has 1 unspecified atom stereocenters. The second-order valence-corrected chi connectivity index (χ2v) is 6.67. The molecule has 1 atom stereocenters. The standard InChI is InChI=1S/C11H24N2O2S/c1-3-4-7-12-9-11-6-5-8-13(10-11)16(2,14)15/h11-12H,3-10H2,1-2H3. The topological polar surface area (TPSA) is 49.4 Å². The predicted octanol–water partition coefficient (Wildman–Crippen LogP) is 1.05. The van der Waals surface area contributed by atoms with Crippen LogP contribution in [0.15, 0.2) is 0 Å². The Morgan fingerprint density at radius 1 is 1.44 bits per heavy atom. The van der Waals surface area contributed by atoms with Crippen molar-refractivity contribution in [3.63, 3.8) is 0 Å². The first kappa shape index (κ1) is 13.9. The number of rotatable bonds is 6. The minimum absolute atomic E-state index is 0.486. The lowest BCUT2D eigenvalue weighted by Gasteiger charge is -2.31. The van der Waals surface area contributed by atoms with Gasteiger partial charge in [0, 0.05) is 13.1 Å². The minimum Gasteiger partial charge on any atom is -0.316 e. The van der Waals surface area contributed by atoms with Crippen molar-refractivity contribution in [2.45, 2.75) is 32.6 Å². The van der Waals surface area contributed by atoms with Crippen LogP contribution < -0.4 is 5.32 Å². The number of sulfonamides is 1. The van der Waals surface area contributed by atoms with Crippen molar-refractivity contribution in [2.24, 2.45) is 5.92 Å². The maximum Gasteiger partial charge on any atom is 0.211 e. The molecule has 0 aromatic rings. The summed E-state index contributed by atoms with van der Waals surface area (Å²) in [5, 5.41) is 3.41. The molecule has 0 aromatic carbocycles. The fourth-order valence-electron chi connectivity index (χ4n) is 2.10. The zero-order valence-electron chi connectivity index (χ0n) is 10.4. The van der Waals surface area contributed by atoms with E-state index in [9.17, 15) is 8.42 Å². The van der Waals surface area contributed by atoms with Crippen molar-refractivity contribution in [3.05, 3.63) is 0 Å². The van der Waals surface area contributed by atoms with E-state index in [-0.39, 0.29) is 0 Å². The Bertz CT molecular complexity index is 290. The summed E-state index contributed by atoms with van der Waals surface area (Å²) in [4.78, 5) is 0. The zero-order valence-corrected chi connectivity index (χ0v) is 11.2. The van der Waals surface area contributed by atoms with Gasteiger partial charge in [0.25, 0.3) is 0 Å². The Kier molecular flexibility index (Phi) is 5.72. The molecule has 5 heteroatoms. The monoisotopic (exact) mass is 248 g/mol. The fraction of sp³-hybridized carbons (Fsp3) is 1.00. The number of piperidine rings is 1. The van der Waals surface area contributed by atoms with Gasteiger partial charge in [-0.25, -0.2) is 12.7 Å². The number of hydrogen-bond acceptors (Lipinski definition) is 3. The molecule has 0 saturated carbocycles. The Hall–Kier alpha value is -0.130. The highest BCUT2D eigenvalue weighted by atomic mass is 32.2. The van der Waals surface area contributed by atoms with Crippen LogP contribution in [0.3, 0.4) is 0 Å². The molecule has 0 aromatic heterocycles. The summed E-state index contributed by atoms with van der Waals surface area (Å²) in [7, 11) is -2.99. The van der Waals surface area contributed by atoms with Gasteiger partial charge in [-0.05, 0) is 38.3 Å². The van der Waals surface area contributed by atoms with Crippen LogP contribution in [-0.2, 0) is 10.0 Å². The van der Waals surface area contributed by atoms with Crippen LogP contribution in [0.25, 0.3) is 0 Å². The summed E-state index contributed by atoms with van der Waals surface area (Å²) in [6, 6.07) is 0. The third-order valence-electron chi connectivity index (χ3n) is 3.09. The first-order valence-electron chi connectivity index (χ1n) is 6.20. The SMILES string of the molecule is CCCCNCC1CCCN(S(C)(=O)=O)C1. The lowest BCUT2D eigenvalue weighted by atomic mass is 10.00. The van der Waals surface area contributed by atoms with Crippen molar-refractivity contribution in [3.8, 4) is 0 Å². The van der Waals surface area contributed by atoms with Gasteiger partial charge in [0.1, 0.15) is 0 Å². The van der Waals surface area contributed by atoms with Gasteiger partial charge in [-0.15, -0.1) is 0 Å². The summed E-state index contributed by atoms with van der Waals surface area (Å²) < 4.78 is 24.4. The quantitative estimate of drug-likeness (QED) is 0.715. The maximum atomic E-state index is 11.4. The Labute approximate surface area is 99.5 Å². The van der Waals surface area contributed by atoms with E-state index in [4.69, 9.17) is 0 Å². The molecule has 0 bridgehead atoms. The van der Waals surface area contributed by atoms with Crippen LogP contribution in [0.4, 0.5) is 0 Å². The largest absolute Gasteiger partial charge is 0.316 e. The van der Waals surface area contributed by atoms with E-state index >= 15 is 0 Å². The smallest absolute Gasteiger partial charge is 0.211 e. The van der Waals surface area contributed by atoms with Gasteiger partial charge in [0.2, 0.25) is 10.0 Å². The molecule has 4 nitrogen and oxygen atoms in total. The highest BCUT2D eigenvalue weighted by Crippen LogP contribution is 2.17. The Morgan fingerprint density at radius 2 is 2.19 bits per heavy atom.